The summed E-state index contributed by atoms with van der Waals surface area (Å²) in [7, 11) is 0. The van der Waals surface area contributed by atoms with Crippen LogP contribution in [0.1, 0.15) is 66.5 Å². The Bertz CT molecular complexity index is 1040. The van der Waals surface area contributed by atoms with Crippen LogP contribution in [0.3, 0.4) is 0 Å². The fraction of sp³-hybridized carbons (Fsp3) is 0.538. The van der Waals surface area contributed by atoms with Crippen molar-refractivity contribution in [2.75, 3.05) is 6.54 Å². The Balaban J connectivity index is 1.68. The lowest BCUT2D eigenvalue weighted by molar-refractivity contribution is -0.140. The highest BCUT2D eigenvalue weighted by atomic mass is 16.6. The number of imide groups is 1. The Morgan fingerprint density at radius 3 is 2.14 bits per heavy atom. The molecule has 0 radical (unpaired) electrons. The van der Waals surface area contributed by atoms with E-state index in [2.05, 4.69) is 4.98 Å². The number of nitrogens with zero attached hydrogens (tertiary/aromatic N) is 3. The molecule has 35 heavy (non-hydrogen) atoms. The Morgan fingerprint density at radius 2 is 1.63 bits per heavy atom. The summed E-state index contributed by atoms with van der Waals surface area (Å²) in [5.74, 6) is -1.07. The van der Waals surface area contributed by atoms with E-state index < -0.39 is 34.8 Å². The number of carbonyl (C=O) groups is 3. The van der Waals surface area contributed by atoms with E-state index in [1.54, 1.807) is 54.1 Å². The fourth-order valence-corrected chi connectivity index (χ4v) is 4.04. The number of para-hydroxylation sites is 1. The Kier molecular flexibility index (Phi) is 7.29. The lowest BCUT2D eigenvalue weighted by atomic mass is 9.97. The SMILES string of the molecule is CC(C)(C)OC(=O)N(CCC[C@@H]1C[C@@]1(C(=O)O)c1cn(-c2ccccc2)cn1)C(=O)OC(C)(C)C. The fourth-order valence-electron chi connectivity index (χ4n) is 4.04. The Hall–Kier alpha value is -3.36. The first kappa shape index (κ1) is 26.2. The van der Waals surface area contributed by atoms with Crippen molar-refractivity contribution < 1.29 is 29.0 Å². The number of amides is 2. The van der Waals surface area contributed by atoms with Crippen molar-refractivity contribution in [1.82, 2.24) is 14.5 Å². The van der Waals surface area contributed by atoms with Crippen LogP contribution in [0.2, 0.25) is 0 Å². The molecule has 0 unspecified atom stereocenters. The van der Waals surface area contributed by atoms with E-state index in [9.17, 15) is 19.5 Å². The first-order chi connectivity index (χ1) is 16.2. The molecule has 0 spiro atoms. The van der Waals surface area contributed by atoms with Gasteiger partial charge in [0.25, 0.3) is 0 Å². The number of imidazole rings is 1. The van der Waals surface area contributed by atoms with Crippen LogP contribution < -0.4 is 0 Å². The molecule has 2 aromatic rings. The zero-order chi connectivity index (χ0) is 26.0. The summed E-state index contributed by atoms with van der Waals surface area (Å²) < 4.78 is 12.6. The number of benzene rings is 1. The summed E-state index contributed by atoms with van der Waals surface area (Å²) >= 11 is 0. The monoisotopic (exact) mass is 485 g/mol. The number of aliphatic carboxylic acids is 1. The van der Waals surface area contributed by atoms with Gasteiger partial charge >= 0.3 is 18.2 Å². The highest BCUT2D eigenvalue weighted by Crippen LogP contribution is 2.56. The van der Waals surface area contributed by atoms with Gasteiger partial charge in [-0.3, -0.25) is 4.79 Å². The second kappa shape index (κ2) is 9.71. The molecule has 1 aliphatic carbocycles. The number of rotatable bonds is 7. The summed E-state index contributed by atoms with van der Waals surface area (Å²) in [4.78, 5) is 42.9. The molecule has 1 N–H and O–H groups in total. The van der Waals surface area contributed by atoms with Gasteiger partial charge in [0.1, 0.15) is 16.6 Å². The van der Waals surface area contributed by atoms with Crippen molar-refractivity contribution >= 4 is 18.2 Å². The first-order valence-corrected chi connectivity index (χ1v) is 11.8. The largest absolute Gasteiger partial charge is 0.481 e. The number of ether oxygens (including phenoxy) is 2. The third-order valence-electron chi connectivity index (χ3n) is 5.74. The maximum atomic E-state index is 12.7. The minimum Gasteiger partial charge on any atom is -0.481 e. The minimum absolute atomic E-state index is 0.0640. The molecule has 2 atom stereocenters. The van der Waals surface area contributed by atoms with Crippen LogP contribution in [0.4, 0.5) is 9.59 Å². The quantitative estimate of drug-likeness (QED) is 0.576. The second-order valence-electron chi connectivity index (χ2n) is 10.9. The lowest BCUT2D eigenvalue weighted by Crippen LogP contribution is -2.44. The van der Waals surface area contributed by atoms with Crippen LogP contribution in [0.5, 0.6) is 0 Å². The molecular weight excluding hydrogens is 450 g/mol. The molecule has 1 saturated carbocycles. The normalized spacial score (nSPS) is 19.7. The molecule has 0 bridgehead atoms. The van der Waals surface area contributed by atoms with Crippen LogP contribution in [0.25, 0.3) is 5.69 Å². The predicted molar refractivity (Wildman–Crippen MR) is 129 cm³/mol. The molecule has 9 heteroatoms. The summed E-state index contributed by atoms with van der Waals surface area (Å²) in [5.41, 5.74) is -1.21. The number of aromatic nitrogens is 2. The summed E-state index contributed by atoms with van der Waals surface area (Å²) in [6, 6.07) is 9.57. The van der Waals surface area contributed by atoms with E-state index in [0.29, 0.717) is 25.0 Å². The van der Waals surface area contributed by atoms with Gasteiger partial charge in [0.05, 0.1) is 12.0 Å². The van der Waals surface area contributed by atoms with E-state index in [0.717, 1.165) is 10.6 Å². The number of carboxylic acids is 1. The van der Waals surface area contributed by atoms with Crippen molar-refractivity contribution in [3.05, 3.63) is 48.5 Å². The number of hydrogen-bond donors (Lipinski definition) is 1. The van der Waals surface area contributed by atoms with Gasteiger partial charge in [-0.15, -0.1) is 0 Å². The first-order valence-electron chi connectivity index (χ1n) is 11.8. The van der Waals surface area contributed by atoms with E-state index in [4.69, 9.17) is 9.47 Å². The summed E-state index contributed by atoms with van der Waals surface area (Å²) in [5, 5.41) is 10.0. The van der Waals surface area contributed by atoms with Crippen LogP contribution in [0.15, 0.2) is 42.9 Å². The highest BCUT2D eigenvalue weighted by Gasteiger charge is 2.62. The zero-order valence-corrected chi connectivity index (χ0v) is 21.3. The van der Waals surface area contributed by atoms with E-state index >= 15 is 0 Å². The minimum atomic E-state index is -1.07. The van der Waals surface area contributed by atoms with E-state index in [1.165, 1.54) is 0 Å². The maximum absolute atomic E-state index is 12.7. The van der Waals surface area contributed by atoms with Gasteiger partial charge in [0.2, 0.25) is 0 Å². The van der Waals surface area contributed by atoms with E-state index in [-0.39, 0.29) is 12.5 Å². The smallest absolute Gasteiger partial charge is 0.419 e. The van der Waals surface area contributed by atoms with Crippen molar-refractivity contribution in [3.63, 3.8) is 0 Å². The topological polar surface area (TPSA) is 111 Å². The summed E-state index contributed by atoms with van der Waals surface area (Å²) in [6.07, 6.45) is 3.19. The van der Waals surface area contributed by atoms with Crippen LogP contribution >= 0.6 is 0 Å². The van der Waals surface area contributed by atoms with Crippen molar-refractivity contribution in [2.45, 2.75) is 77.4 Å². The molecule has 1 fully saturated rings. The van der Waals surface area contributed by atoms with Gasteiger partial charge < -0.3 is 19.1 Å². The zero-order valence-electron chi connectivity index (χ0n) is 21.3. The lowest BCUT2D eigenvalue weighted by Gasteiger charge is -2.28. The summed E-state index contributed by atoms with van der Waals surface area (Å²) in [6.45, 7) is 10.4. The molecule has 1 aromatic carbocycles. The van der Waals surface area contributed by atoms with Gasteiger partial charge in [0, 0.05) is 18.4 Å². The van der Waals surface area contributed by atoms with Crippen molar-refractivity contribution in [1.29, 1.82) is 0 Å². The number of hydrogen-bond acceptors (Lipinski definition) is 6. The van der Waals surface area contributed by atoms with Crippen LogP contribution in [0, 0.1) is 5.92 Å². The molecule has 3 rings (SSSR count). The maximum Gasteiger partial charge on any atom is 0.419 e. The third kappa shape index (κ3) is 6.41. The molecule has 9 nitrogen and oxygen atoms in total. The van der Waals surface area contributed by atoms with Crippen molar-refractivity contribution in [3.8, 4) is 5.69 Å². The average molecular weight is 486 g/mol. The van der Waals surface area contributed by atoms with Crippen molar-refractivity contribution in [2.24, 2.45) is 5.92 Å². The van der Waals surface area contributed by atoms with Gasteiger partial charge in [0.15, 0.2) is 0 Å². The van der Waals surface area contributed by atoms with Gasteiger partial charge in [-0.2, -0.15) is 0 Å². The molecule has 1 heterocycles. The molecule has 0 saturated heterocycles. The molecule has 0 aliphatic heterocycles. The standard InChI is InChI=1S/C26H35N3O6/c1-24(2,3)34-22(32)29(23(33)35-25(4,5)6)14-10-11-18-15-26(18,21(30)31)20-16-28(17-27-20)19-12-8-7-9-13-19/h7-9,12-13,16-18H,10-11,14-15H2,1-6H3,(H,30,31)/t18-,26+/m1/s1. The predicted octanol–water partition coefficient (Wildman–Crippen LogP) is 5.17. The molecule has 190 valence electrons. The second-order valence-corrected chi connectivity index (χ2v) is 10.9. The highest BCUT2D eigenvalue weighted by molar-refractivity contribution is 5.88. The Labute approximate surface area is 206 Å². The van der Waals surface area contributed by atoms with E-state index in [1.807, 2.05) is 34.9 Å². The number of carboxylic acid groups (broad SMARTS) is 1. The van der Waals surface area contributed by atoms with Crippen LogP contribution in [-0.2, 0) is 19.7 Å². The molecular formula is C26H35N3O6. The molecule has 2 amide bonds. The van der Waals surface area contributed by atoms with Gasteiger partial charge in [-0.05, 0) is 78.9 Å². The molecule has 1 aliphatic rings. The van der Waals surface area contributed by atoms with Gasteiger partial charge in [-0.25, -0.2) is 19.5 Å². The average Bonchev–Trinajstić information content (AvgIpc) is 3.25. The van der Waals surface area contributed by atoms with Gasteiger partial charge in [-0.1, -0.05) is 18.2 Å². The van der Waals surface area contributed by atoms with Crippen LogP contribution in [-0.4, -0.2) is 55.5 Å². The third-order valence-corrected chi connectivity index (χ3v) is 5.74. The number of carbonyl (C=O) groups excluding carboxylic acids is 2. The Morgan fingerprint density at radius 1 is 1.06 bits per heavy atom. The molecule has 1 aromatic heterocycles.